The number of nitro benzene ring substituents is 1. The van der Waals surface area contributed by atoms with Gasteiger partial charge in [0.1, 0.15) is 5.69 Å². The molecular formula is C11H9BrN2O4S2. The van der Waals surface area contributed by atoms with Crippen LogP contribution in [-0.2, 0) is 10.0 Å². The Labute approximate surface area is 127 Å². The average Bonchev–Trinajstić information content (AvgIpc) is 2.78. The Kier molecular flexibility index (Phi) is 4.11. The maximum atomic E-state index is 12.2. The lowest BCUT2D eigenvalue weighted by Gasteiger charge is -2.08. The molecule has 6 nitrogen and oxygen atoms in total. The molecule has 0 bridgehead atoms. The molecule has 0 aliphatic carbocycles. The van der Waals surface area contributed by atoms with Crippen LogP contribution in [0.5, 0.6) is 0 Å². The number of sulfonamides is 1. The molecule has 0 spiro atoms. The van der Waals surface area contributed by atoms with E-state index in [1.807, 2.05) is 0 Å². The lowest BCUT2D eigenvalue weighted by Crippen LogP contribution is -2.13. The second-order valence-electron chi connectivity index (χ2n) is 3.94. The molecule has 2 aromatic rings. The molecule has 2 rings (SSSR count). The van der Waals surface area contributed by atoms with Gasteiger partial charge in [-0.05, 0) is 45.9 Å². The van der Waals surface area contributed by atoms with Gasteiger partial charge in [0.15, 0.2) is 4.21 Å². The summed E-state index contributed by atoms with van der Waals surface area (Å²) in [5.74, 6) is 0. The van der Waals surface area contributed by atoms with Gasteiger partial charge < -0.3 is 0 Å². The van der Waals surface area contributed by atoms with E-state index in [-0.39, 0.29) is 15.6 Å². The van der Waals surface area contributed by atoms with Crippen molar-refractivity contribution in [2.45, 2.75) is 11.1 Å². The number of thiophene rings is 1. The molecule has 0 unspecified atom stereocenters. The highest BCUT2D eigenvalue weighted by molar-refractivity contribution is 9.10. The van der Waals surface area contributed by atoms with Crippen LogP contribution in [0, 0.1) is 17.0 Å². The number of rotatable bonds is 4. The number of hydrogen-bond acceptors (Lipinski definition) is 5. The molecular weight excluding hydrogens is 368 g/mol. The van der Waals surface area contributed by atoms with Crippen LogP contribution >= 0.6 is 27.3 Å². The van der Waals surface area contributed by atoms with Crippen LogP contribution in [0.2, 0.25) is 0 Å². The van der Waals surface area contributed by atoms with Crippen LogP contribution in [-0.4, -0.2) is 13.3 Å². The smallest absolute Gasteiger partial charge is 0.272 e. The zero-order valence-corrected chi connectivity index (χ0v) is 13.4. The molecule has 0 aliphatic rings. The number of nitro groups is 1. The zero-order valence-electron chi connectivity index (χ0n) is 10.2. The van der Waals surface area contributed by atoms with Crippen molar-refractivity contribution in [1.29, 1.82) is 0 Å². The maximum absolute atomic E-state index is 12.2. The minimum Gasteiger partial charge on any atom is -0.272 e. The first kappa shape index (κ1) is 14.9. The standard InChI is InChI=1S/C11H9BrN2O4S2/c1-7-2-3-9(10(6-7)14(15)16)13-20(17,18)11-8(12)4-5-19-11/h2-6,13H,1H3. The summed E-state index contributed by atoms with van der Waals surface area (Å²) in [7, 11) is -3.85. The third-order valence-corrected chi connectivity index (χ3v) is 6.46. The molecule has 0 saturated carbocycles. The maximum Gasteiger partial charge on any atom is 0.293 e. The highest BCUT2D eigenvalue weighted by atomic mass is 79.9. The van der Waals surface area contributed by atoms with E-state index < -0.39 is 14.9 Å². The number of nitrogens with one attached hydrogen (secondary N) is 1. The Balaban J connectivity index is 2.45. The van der Waals surface area contributed by atoms with Gasteiger partial charge in [0, 0.05) is 10.5 Å². The first-order valence-electron chi connectivity index (χ1n) is 5.32. The van der Waals surface area contributed by atoms with Crippen LogP contribution < -0.4 is 4.72 Å². The zero-order chi connectivity index (χ0) is 14.9. The minimum absolute atomic E-state index is 0.0547. The Morgan fingerprint density at radius 1 is 1.35 bits per heavy atom. The van der Waals surface area contributed by atoms with E-state index in [0.717, 1.165) is 11.3 Å². The number of halogens is 1. The first-order valence-corrected chi connectivity index (χ1v) is 8.48. The summed E-state index contributed by atoms with van der Waals surface area (Å²) in [6.07, 6.45) is 0. The van der Waals surface area contributed by atoms with Crippen molar-refractivity contribution >= 4 is 48.7 Å². The van der Waals surface area contributed by atoms with Gasteiger partial charge in [0.05, 0.1) is 4.92 Å². The molecule has 0 aliphatic heterocycles. The predicted octanol–water partition coefficient (Wildman–Crippen LogP) is 3.53. The van der Waals surface area contributed by atoms with E-state index in [4.69, 9.17) is 0 Å². The molecule has 0 saturated heterocycles. The van der Waals surface area contributed by atoms with Gasteiger partial charge in [0.25, 0.3) is 15.7 Å². The number of aryl methyl sites for hydroxylation is 1. The third kappa shape index (κ3) is 3.00. The molecule has 1 N–H and O–H groups in total. The van der Waals surface area contributed by atoms with Crippen molar-refractivity contribution in [2.24, 2.45) is 0 Å². The molecule has 0 atom stereocenters. The molecule has 106 valence electrons. The summed E-state index contributed by atoms with van der Waals surface area (Å²) in [4.78, 5) is 10.4. The summed E-state index contributed by atoms with van der Waals surface area (Å²) in [5.41, 5.74) is 0.346. The molecule has 1 aromatic carbocycles. The van der Waals surface area contributed by atoms with Crippen molar-refractivity contribution in [2.75, 3.05) is 4.72 Å². The topological polar surface area (TPSA) is 89.3 Å². The van der Waals surface area contributed by atoms with Crippen LogP contribution in [0.4, 0.5) is 11.4 Å². The largest absolute Gasteiger partial charge is 0.293 e. The lowest BCUT2D eigenvalue weighted by molar-refractivity contribution is -0.383. The Hall–Kier alpha value is -1.45. The molecule has 0 fully saturated rings. The summed E-state index contributed by atoms with van der Waals surface area (Å²) in [6.45, 7) is 1.70. The molecule has 9 heteroatoms. The first-order chi connectivity index (χ1) is 9.31. The second kappa shape index (κ2) is 5.51. The fraction of sp³-hybridized carbons (Fsp3) is 0.0909. The predicted molar refractivity (Wildman–Crippen MR) is 80.7 cm³/mol. The van der Waals surface area contributed by atoms with Gasteiger partial charge in [0.2, 0.25) is 0 Å². The summed E-state index contributed by atoms with van der Waals surface area (Å²) in [5, 5.41) is 12.6. The van der Waals surface area contributed by atoms with Gasteiger partial charge in [-0.15, -0.1) is 11.3 Å². The van der Waals surface area contributed by atoms with Gasteiger partial charge in [-0.25, -0.2) is 8.42 Å². The third-order valence-electron chi connectivity index (χ3n) is 2.42. The second-order valence-corrected chi connectivity index (χ2v) is 7.59. The van der Waals surface area contributed by atoms with Crippen molar-refractivity contribution in [3.8, 4) is 0 Å². The summed E-state index contributed by atoms with van der Waals surface area (Å²) < 4.78 is 27.1. The van der Waals surface area contributed by atoms with E-state index in [9.17, 15) is 18.5 Å². The molecule has 0 amide bonds. The summed E-state index contributed by atoms with van der Waals surface area (Å²) >= 11 is 4.16. The fourth-order valence-corrected chi connectivity index (χ4v) is 4.95. The quantitative estimate of drug-likeness (QED) is 0.652. The van der Waals surface area contributed by atoms with Gasteiger partial charge in [-0.2, -0.15) is 0 Å². The van der Waals surface area contributed by atoms with E-state index in [2.05, 4.69) is 20.7 Å². The lowest BCUT2D eigenvalue weighted by atomic mass is 10.2. The number of anilines is 1. The van der Waals surface area contributed by atoms with E-state index in [0.29, 0.717) is 10.0 Å². The van der Waals surface area contributed by atoms with E-state index >= 15 is 0 Å². The number of benzene rings is 1. The Morgan fingerprint density at radius 3 is 2.60 bits per heavy atom. The molecule has 1 heterocycles. The SMILES string of the molecule is Cc1ccc(NS(=O)(=O)c2sccc2Br)c([N+](=O)[O-])c1. The van der Waals surface area contributed by atoms with Crippen LogP contribution in [0.15, 0.2) is 38.3 Å². The minimum atomic E-state index is -3.85. The fourth-order valence-electron chi connectivity index (χ4n) is 1.54. The van der Waals surface area contributed by atoms with E-state index in [1.165, 1.54) is 12.1 Å². The van der Waals surface area contributed by atoms with Gasteiger partial charge in [-0.1, -0.05) is 6.07 Å². The van der Waals surface area contributed by atoms with Crippen molar-refractivity contribution in [3.63, 3.8) is 0 Å². The van der Waals surface area contributed by atoms with E-state index in [1.54, 1.807) is 24.4 Å². The van der Waals surface area contributed by atoms with Gasteiger partial charge in [-0.3, -0.25) is 14.8 Å². The number of hydrogen-bond donors (Lipinski definition) is 1. The van der Waals surface area contributed by atoms with Crippen LogP contribution in [0.25, 0.3) is 0 Å². The number of nitrogens with zero attached hydrogens (tertiary/aromatic N) is 1. The Bertz CT molecular complexity index is 770. The molecule has 20 heavy (non-hydrogen) atoms. The molecule has 1 aromatic heterocycles. The Morgan fingerprint density at radius 2 is 2.05 bits per heavy atom. The summed E-state index contributed by atoms with van der Waals surface area (Å²) in [6, 6.07) is 5.91. The molecule has 0 radical (unpaired) electrons. The van der Waals surface area contributed by atoms with Crippen molar-refractivity contribution < 1.29 is 13.3 Å². The average molecular weight is 377 g/mol. The van der Waals surface area contributed by atoms with Crippen LogP contribution in [0.1, 0.15) is 5.56 Å². The highest BCUT2D eigenvalue weighted by Gasteiger charge is 2.23. The van der Waals surface area contributed by atoms with Crippen LogP contribution in [0.3, 0.4) is 0 Å². The van der Waals surface area contributed by atoms with Crippen molar-refractivity contribution in [1.82, 2.24) is 0 Å². The highest BCUT2D eigenvalue weighted by Crippen LogP contribution is 2.32. The van der Waals surface area contributed by atoms with Crippen molar-refractivity contribution in [3.05, 3.63) is 49.8 Å². The van der Waals surface area contributed by atoms with Gasteiger partial charge >= 0.3 is 0 Å². The normalized spacial score (nSPS) is 11.3. The monoisotopic (exact) mass is 376 g/mol.